The average Bonchev–Trinajstić information content (AvgIpc) is 2.72. The minimum Gasteiger partial charge on any atom is -0.402 e. The van der Waals surface area contributed by atoms with E-state index in [1.807, 2.05) is 0 Å². The highest BCUT2D eigenvalue weighted by Gasteiger charge is 2.61. The van der Waals surface area contributed by atoms with Gasteiger partial charge in [0.15, 0.2) is 0 Å². The van der Waals surface area contributed by atoms with Crippen molar-refractivity contribution in [2.75, 3.05) is 0 Å². The van der Waals surface area contributed by atoms with Crippen molar-refractivity contribution in [3.63, 3.8) is 0 Å². The molecular weight excluding hydrogens is 266 g/mol. The number of nitrogens with two attached hydrogens (primary N) is 1. The highest BCUT2D eigenvalue weighted by molar-refractivity contribution is 5.39. The summed E-state index contributed by atoms with van der Waals surface area (Å²) in [5.41, 5.74) is 8.19. The minimum absolute atomic E-state index is 0.127. The molecule has 2 N–H and O–H groups in total. The summed E-state index contributed by atoms with van der Waals surface area (Å²) in [7, 11) is 0. The molecule has 122 valence electrons. The first-order valence-corrected chi connectivity index (χ1v) is 9.21. The van der Waals surface area contributed by atoms with Gasteiger partial charge in [0.25, 0.3) is 0 Å². The largest absolute Gasteiger partial charge is 0.402 e. The molecule has 6 unspecified atom stereocenters. The standard InChI is InChI=1S/C21H33N/c1-6-7-8-20(5)9-10-21(16(4)12-18(20)21)19(22)13-17-14(2)11-15(17)3/h7-10,13-18H,6,11-12,22H2,1-5H3/b8-7-,19-13+. The zero-order valence-corrected chi connectivity index (χ0v) is 15.0. The van der Waals surface area contributed by atoms with E-state index in [2.05, 4.69) is 65.0 Å². The van der Waals surface area contributed by atoms with E-state index in [1.165, 1.54) is 12.8 Å². The lowest BCUT2D eigenvalue weighted by Crippen LogP contribution is -2.52. The van der Waals surface area contributed by atoms with E-state index in [4.69, 9.17) is 5.73 Å². The third-order valence-electron chi connectivity index (χ3n) is 7.09. The Hall–Kier alpha value is -0.980. The predicted octanol–water partition coefficient (Wildman–Crippen LogP) is 5.31. The van der Waals surface area contributed by atoms with E-state index in [1.54, 1.807) is 0 Å². The first-order valence-electron chi connectivity index (χ1n) is 9.21. The second-order valence-corrected chi connectivity index (χ2v) is 8.52. The van der Waals surface area contributed by atoms with Crippen LogP contribution in [0, 0.1) is 40.4 Å². The molecule has 0 spiro atoms. The van der Waals surface area contributed by atoms with Crippen LogP contribution in [-0.4, -0.2) is 0 Å². The normalized spacial score (nSPS) is 50.8. The highest BCUT2D eigenvalue weighted by atomic mass is 14.7. The van der Waals surface area contributed by atoms with Gasteiger partial charge in [-0.05, 0) is 48.9 Å². The van der Waals surface area contributed by atoms with Crippen LogP contribution in [0.4, 0.5) is 0 Å². The van der Waals surface area contributed by atoms with Gasteiger partial charge >= 0.3 is 0 Å². The second kappa shape index (κ2) is 5.28. The Morgan fingerprint density at radius 1 is 1.18 bits per heavy atom. The topological polar surface area (TPSA) is 26.0 Å². The summed E-state index contributed by atoms with van der Waals surface area (Å²) >= 11 is 0. The van der Waals surface area contributed by atoms with Gasteiger partial charge in [-0.1, -0.05) is 65.0 Å². The fourth-order valence-electron chi connectivity index (χ4n) is 5.48. The molecule has 22 heavy (non-hydrogen) atoms. The Morgan fingerprint density at radius 3 is 2.41 bits per heavy atom. The Bertz CT molecular complexity index is 520. The minimum atomic E-state index is 0.127. The molecule has 0 aromatic rings. The molecule has 3 aliphatic carbocycles. The molecule has 0 aromatic carbocycles. The number of fused-ring (bicyclic) bond motifs is 1. The molecule has 1 heteroatoms. The van der Waals surface area contributed by atoms with Crippen LogP contribution < -0.4 is 5.73 Å². The van der Waals surface area contributed by atoms with Crippen LogP contribution in [0.2, 0.25) is 0 Å². The van der Waals surface area contributed by atoms with Crippen molar-refractivity contribution in [2.24, 2.45) is 46.2 Å². The molecule has 2 saturated carbocycles. The molecule has 0 saturated heterocycles. The zero-order valence-electron chi connectivity index (χ0n) is 15.0. The van der Waals surface area contributed by atoms with E-state index in [0.717, 1.165) is 24.0 Å². The van der Waals surface area contributed by atoms with Gasteiger partial charge in [0.2, 0.25) is 0 Å². The molecular formula is C21H33N. The summed E-state index contributed by atoms with van der Waals surface area (Å²) in [4.78, 5) is 0. The third kappa shape index (κ3) is 2.04. The van der Waals surface area contributed by atoms with Crippen LogP contribution in [0.5, 0.6) is 0 Å². The van der Waals surface area contributed by atoms with Crippen LogP contribution >= 0.6 is 0 Å². The van der Waals surface area contributed by atoms with E-state index < -0.39 is 0 Å². The number of hydrogen-bond acceptors (Lipinski definition) is 1. The fourth-order valence-corrected chi connectivity index (χ4v) is 5.48. The Balaban J connectivity index is 1.87. The van der Waals surface area contributed by atoms with E-state index in [9.17, 15) is 0 Å². The maximum atomic E-state index is 6.72. The van der Waals surface area contributed by atoms with Crippen molar-refractivity contribution in [1.82, 2.24) is 0 Å². The molecule has 0 aliphatic heterocycles. The Labute approximate surface area is 136 Å². The summed E-state index contributed by atoms with van der Waals surface area (Å²) in [6.07, 6.45) is 15.8. The maximum absolute atomic E-state index is 6.72. The smallest absolute Gasteiger partial charge is 0.0340 e. The maximum Gasteiger partial charge on any atom is 0.0340 e. The van der Waals surface area contributed by atoms with Crippen LogP contribution in [0.15, 0.2) is 36.1 Å². The molecule has 0 heterocycles. The molecule has 3 rings (SSSR count). The lowest BCUT2D eigenvalue weighted by Gasteiger charge is -2.56. The second-order valence-electron chi connectivity index (χ2n) is 8.52. The fraction of sp³-hybridized carbons (Fsp3) is 0.714. The summed E-state index contributed by atoms with van der Waals surface area (Å²) < 4.78 is 0. The van der Waals surface area contributed by atoms with Gasteiger partial charge in [-0.25, -0.2) is 0 Å². The number of hydrogen-bond donors (Lipinski definition) is 1. The van der Waals surface area contributed by atoms with Gasteiger partial charge in [-0.2, -0.15) is 0 Å². The Kier molecular flexibility index (Phi) is 3.82. The van der Waals surface area contributed by atoms with Crippen molar-refractivity contribution in [1.29, 1.82) is 0 Å². The zero-order chi connectivity index (χ0) is 16.1. The van der Waals surface area contributed by atoms with Crippen molar-refractivity contribution >= 4 is 0 Å². The van der Waals surface area contributed by atoms with Gasteiger partial charge < -0.3 is 5.73 Å². The van der Waals surface area contributed by atoms with Gasteiger partial charge in [0.05, 0.1) is 0 Å². The van der Waals surface area contributed by atoms with E-state index in [0.29, 0.717) is 17.8 Å². The van der Waals surface area contributed by atoms with Crippen molar-refractivity contribution in [3.05, 3.63) is 36.1 Å². The third-order valence-corrected chi connectivity index (χ3v) is 7.09. The molecule has 2 fully saturated rings. The quantitative estimate of drug-likeness (QED) is 0.700. The molecule has 0 amide bonds. The number of allylic oxidation sites excluding steroid dienone is 5. The summed E-state index contributed by atoms with van der Waals surface area (Å²) in [6, 6.07) is 0. The first-order chi connectivity index (χ1) is 10.3. The molecule has 3 aliphatic rings. The van der Waals surface area contributed by atoms with Gasteiger partial charge in [0.1, 0.15) is 0 Å². The summed E-state index contributed by atoms with van der Waals surface area (Å²) in [5.74, 6) is 3.62. The van der Waals surface area contributed by atoms with Crippen LogP contribution in [-0.2, 0) is 0 Å². The summed E-state index contributed by atoms with van der Waals surface area (Å²) in [6.45, 7) is 11.7. The summed E-state index contributed by atoms with van der Waals surface area (Å²) in [5, 5.41) is 0. The van der Waals surface area contributed by atoms with Crippen molar-refractivity contribution in [2.45, 2.75) is 53.9 Å². The highest BCUT2D eigenvalue weighted by Crippen LogP contribution is 2.67. The Morgan fingerprint density at radius 2 is 1.86 bits per heavy atom. The van der Waals surface area contributed by atoms with E-state index in [-0.39, 0.29) is 10.8 Å². The molecule has 0 radical (unpaired) electrons. The lowest BCUT2D eigenvalue weighted by molar-refractivity contribution is 0.00262. The molecule has 0 aromatic heterocycles. The van der Waals surface area contributed by atoms with Gasteiger partial charge in [0, 0.05) is 16.5 Å². The monoisotopic (exact) mass is 299 g/mol. The lowest BCUT2D eigenvalue weighted by atomic mass is 9.48. The molecule has 6 atom stereocenters. The molecule has 1 nitrogen and oxygen atoms in total. The molecule has 0 bridgehead atoms. The van der Waals surface area contributed by atoms with Crippen LogP contribution in [0.1, 0.15) is 53.9 Å². The number of rotatable bonds is 4. The van der Waals surface area contributed by atoms with Crippen molar-refractivity contribution in [3.8, 4) is 0 Å². The average molecular weight is 300 g/mol. The van der Waals surface area contributed by atoms with Crippen LogP contribution in [0.3, 0.4) is 0 Å². The van der Waals surface area contributed by atoms with Gasteiger partial charge in [-0.15, -0.1) is 0 Å². The van der Waals surface area contributed by atoms with E-state index >= 15 is 0 Å². The SMILES string of the molecule is CC/C=C\C1(C)C=CC2(/C(N)=C\C3C(C)CC3C)C(C)CC12. The van der Waals surface area contributed by atoms with Gasteiger partial charge in [-0.3, -0.25) is 0 Å². The van der Waals surface area contributed by atoms with Crippen molar-refractivity contribution < 1.29 is 0 Å². The van der Waals surface area contributed by atoms with Crippen LogP contribution in [0.25, 0.3) is 0 Å². The predicted molar refractivity (Wildman–Crippen MR) is 95.1 cm³/mol. The first kappa shape index (κ1) is 15.9.